The Bertz CT molecular complexity index is 1180. The van der Waals surface area contributed by atoms with E-state index in [1.165, 1.54) is 12.1 Å². The van der Waals surface area contributed by atoms with E-state index in [1.807, 2.05) is 10.8 Å². The molecule has 1 aliphatic carbocycles. The Morgan fingerprint density at radius 2 is 1.91 bits per heavy atom. The minimum absolute atomic E-state index is 0.115. The summed E-state index contributed by atoms with van der Waals surface area (Å²) in [5, 5.41) is 0.758. The molecule has 3 aromatic rings. The van der Waals surface area contributed by atoms with Gasteiger partial charge in [-0.2, -0.15) is 0 Å². The van der Waals surface area contributed by atoms with E-state index < -0.39 is 34.7 Å². The van der Waals surface area contributed by atoms with Crippen LogP contribution >= 0.6 is 0 Å². The molecule has 2 aromatic heterocycles. The minimum atomic E-state index is -2.97. The largest absolute Gasteiger partial charge is 0.347 e. The third-order valence-electron chi connectivity index (χ3n) is 5.31. The van der Waals surface area contributed by atoms with E-state index in [4.69, 9.17) is 0 Å². The smallest absolute Gasteiger partial charge is 0.280 e. The second-order valence-corrected chi connectivity index (χ2v) is 10.9. The zero-order valence-electron chi connectivity index (χ0n) is 18.1. The lowest BCUT2D eigenvalue weighted by molar-refractivity contribution is 0.146. The van der Waals surface area contributed by atoms with E-state index in [1.54, 1.807) is 0 Å². The molecule has 0 spiro atoms. The number of nitrogens with one attached hydrogen (secondary N) is 1. The van der Waals surface area contributed by atoms with Crippen LogP contribution in [0.15, 0.2) is 30.6 Å². The van der Waals surface area contributed by atoms with Crippen molar-refractivity contribution in [2.45, 2.75) is 58.4 Å². The molecule has 1 unspecified atom stereocenters. The molecule has 1 aromatic carbocycles. The van der Waals surface area contributed by atoms with E-state index in [0.29, 0.717) is 30.2 Å². The predicted molar refractivity (Wildman–Crippen MR) is 118 cm³/mol. The van der Waals surface area contributed by atoms with Crippen LogP contribution in [0.5, 0.6) is 0 Å². The number of hydrogen-bond acceptors (Lipinski definition) is 2. The lowest BCUT2D eigenvalue weighted by atomic mass is 9.96. The topological polar surface area (TPSA) is 46.9 Å². The van der Waals surface area contributed by atoms with Gasteiger partial charge in [-0.05, 0) is 42.0 Å². The number of aromatic nitrogens is 2. The first-order valence-electron chi connectivity index (χ1n) is 10.4. The number of fused-ring (bicyclic) bond motifs is 1. The second-order valence-electron chi connectivity index (χ2n) is 9.40. The average Bonchev–Trinajstić information content (AvgIpc) is 3.49. The van der Waals surface area contributed by atoms with Crippen molar-refractivity contribution < 1.29 is 21.8 Å². The van der Waals surface area contributed by atoms with Gasteiger partial charge in [0.15, 0.2) is 0 Å². The molecule has 0 amide bonds. The van der Waals surface area contributed by atoms with Crippen LogP contribution in [0.4, 0.5) is 17.6 Å². The average molecular weight is 468 g/mol. The van der Waals surface area contributed by atoms with Gasteiger partial charge >= 0.3 is 0 Å². The molecule has 172 valence electrons. The summed E-state index contributed by atoms with van der Waals surface area (Å²) in [6.45, 7) is 7.03. The van der Waals surface area contributed by atoms with Crippen LogP contribution in [-0.4, -0.2) is 19.0 Å². The fourth-order valence-electron chi connectivity index (χ4n) is 3.76. The summed E-state index contributed by atoms with van der Waals surface area (Å²) in [7, 11) is -1.15. The maximum atomic E-state index is 15.2. The number of halogens is 4. The van der Waals surface area contributed by atoms with Crippen molar-refractivity contribution >= 4 is 21.9 Å². The van der Waals surface area contributed by atoms with Crippen LogP contribution < -0.4 is 4.72 Å². The molecule has 1 saturated carbocycles. The quantitative estimate of drug-likeness (QED) is 0.441. The molecule has 0 aliphatic heterocycles. The van der Waals surface area contributed by atoms with E-state index in [0.717, 1.165) is 24.5 Å². The Hall–Kier alpha value is -2.26. The van der Waals surface area contributed by atoms with Crippen molar-refractivity contribution in [1.82, 2.24) is 14.3 Å². The van der Waals surface area contributed by atoms with E-state index in [2.05, 4.69) is 30.5 Å². The third kappa shape index (κ3) is 4.88. The fourth-order valence-corrected chi connectivity index (χ4v) is 4.86. The predicted octanol–water partition coefficient (Wildman–Crippen LogP) is 5.88. The number of rotatable bonds is 7. The van der Waals surface area contributed by atoms with Crippen LogP contribution in [0.3, 0.4) is 0 Å². The molecule has 0 radical (unpaired) electrons. The van der Waals surface area contributed by atoms with E-state index in [9.17, 15) is 17.4 Å². The van der Waals surface area contributed by atoms with E-state index >= 15 is 4.39 Å². The normalized spacial score (nSPS) is 15.6. The maximum absolute atomic E-state index is 15.2. The molecule has 1 N–H and O–H groups in total. The Balaban J connectivity index is 1.83. The molecule has 4 rings (SSSR count). The number of pyridine rings is 1. The Morgan fingerprint density at radius 1 is 1.19 bits per heavy atom. The standard InChI is InChI=1S/C23H25F4N3OS/c1-23(2,3)12-30-11-13(9-29-32(31)15-4-5-15)16-7-19(25)17(8-20(16)30)18-6-14(24)10-28-21(18)22(26)27/h6-8,10-11,15,22,29H,4-5,9,12H2,1-3H3. The number of alkyl halides is 2. The molecule has 0 saturated heterocycles. The van der Waals surface area contributed by atoms with Gasteiger partial charge in [-0.1, -0.05) is 20.8 Å². The van der Waals surface area contributed by atoms with E-state index in [-0.39, 0.29) is 21.8 Å². The number of benzene rings is 1. The highest BCUT2D eigenvalue weighted by atomic mass is 32.2. The second kappa shape index (κ2) is 8.59. The SMILES string of the molecule is CC(C)(C)Cn1cc(CNS(=O)C2CC2)c2cc(F)c(-c3cc(F)cnc3C(F)F)cc21. The van der Waals surface area contributed by atoms with Crippen molar-refractivity contribution in [2.75, 3.05) is 0 Å². The van der Waals surface area contributed by atoms with Crippen molar-refractivity contribution in [3.8, 4) is 11.1 Å². The molecule has 9 heteroatoms. The minimum Gasteiger partial charge on any atom is -0.347 e. The lowest BCUT2D eigenvalue weighted by Crippen LogP contribution is -2.19. The Kier molecular flexibility index (Phi) is 6.15. The first-order chi connectivity index (χ1) is 15.0. The van der Waals surface area contributed by atoms with Gasteiger partial charge < -0.3 is 4.57 Å². The lowest BCUT2D eigenvalue weighted by Gasteiger charge is -2.20. The van der Waals surface area contributed by atoms with Crippen molar-refractivity contribution in [2.24, 2.45) is 5.41 Å². The van der Waals surface area contributed by atoms with Gasteiger partial charge in [-0.15, -0.1) is 0 Å². The molecule has 0 bridgehead atoms. The molecular weight excluding hydrogens is 442 g/mol. The highest BCUT2D eigenvalue weighted by Crippen LogP contribution is 2.36. The van der Waals surface area contributed by atoms with Crippen LogP contribution in [0, 0.1) is 17.0 Å². The fraction of sp³-hybridized carbons (Fsp3) is 0.435. The summed E-state index contributed by atoms with van der Waals surface area (Å²) in [6.07, 6.45) is 1.45. The summed E-state index contributed by atoms with van der Waals surface area (Å²) in [5.41, 5.74) is 0.216. The summed E-state index contributed by atoms with van der Waals surface area (Å²) in [5.74, 6) is -1.56. The molecule has 1 aliphatic rings. The first-order valence-corrected chi connectivity index (χ1v) is 11.6. The van der Waals surface area contributed by atoms with Crippen molar-refractivity contribution in [3.63, 3.8) is 0 Å². The van der Waals surface area contributed by atoms with Gasteiger partial charge in [0.1, 0.15) is 17.3 Å². The number of hydrogen-bond donors (Lipinski definition) is 1. The van der Waals surface area contributed by atoms with Crippen LogP contribution in [0.2, 0.25) is 0 Å². The van der Waals surface area contributed by atoms with Crippen LogP contribution in [-0.2, 0) is 24.1 Å². The highest BCUT2D eigenvalue weighted by molar-refractivity contribution is 7.83. The zero-order chi connectivity index (χ0) is 23.2. The Labute approximate surface area is 186 Å². The van der Waals surface area contributed by atoms with Crippen LogP contribution in [0.1, 0.15) is 51.3 Å². The monoisotopic (exact) mass is 467 g/mol. The van der Waals surface area contributed by atoms with Gasteiger partial charge in [0.25, 0.3) is 6.43 Å². The zero-order valence-corrected chi connectivity index (χ0v) is 18.9. The summed E-state index contributed by atoms with van der Waals surface area (Å²) >= 11 is 0. The molecule has 1 fully saturated rings. The molecule has 2 heterocycles. The molecule has 32 heavy (non-hydrogen) atoms. The summed E-state index contributed by atoms with van der Waals surface area (Å²) in [4.78, 5) is 3.49. The van der Waals surface area contributed by atoms with Gasteiger partial charge in [-0.3, -0.25) is 4.98 Å². The maximum Gasteiger partial charge on any atom is 0.280 e. The highest BCUT2D eigenvalue weighted by Gasteiger charge is 2.28. The Morgan fingerprint density at radius 3 is 2.53 bits per heavy atom. The number of nitrogens with zero attached hydrogens (tertiary/aromatic N) is 2. The summed E-state index contributed by atoms with van der Waals surface area (Å²) in [6, 6.07) is 3.64. The molecule has 1 atom stereocenters. The molecule has 4 nitrogen and oxygen atoms in total. The van der Waals surface area contributed by atoms with Crippen molar-refractivity contribution in [3.05, 3.63) is 53.5 Å². The first kappa shape index (κ1) is 22.9. The molecular formula is C23H25F4N3OS. The van der Waals surface area contributed by atoms with Gasteiger partial charge in [0, 0.05) is 46.6 Å². The third-order valence-corrected chi connectivity index (χ3v) is 6.82. The van der Waals surface area contributed by atoms with Gasteiger partial charge in [0.05, 0.1) is 17.2 Å². The summed E-state index contributed by atoms with van der Waals surface area (Å²) < 4.78 is 73.1. The van der Waals surface area contributed by atoms with Gasteiger partial charge in [0.2, 0.25) is 0 Å². The van der Waals surface area contributed by atoms with Crippen LogP contribution in [0.25, 0.3) is 22.0 Å². The van der Waals surface area contributed by atoms with Crippen molar-refractivity contribution in [1.29, 1.82) is 0 Å². The van der Waals surface area contributed by atoms with Gasteiger partial charge in [-0.25, -0.2) is 26.5 Å².